The van der Waals surface area contributed by atoms with Gasteiger partial charge in [-0.25, -0.2) is 0 Å². The van der Waals surface area contributed by atoms with Gasteiger partial charge in [-0.15, -0.1) is 0 Å². The monoisotopic (exact) mass is 316 g/mol. The van der Waals surface area contributed by atoms with Crippen molar-refractivity contribution in [1.82, 2.24) is 0 Å². The number of rotatable bonds is 5. The van der Waals surface area contributed by atoms with E-state index in [4.69, 9.17) is 0 Å². The van der Waals surface area contributed by atoms with Crippen molar-refractivity contribution in [2.75, 3.05) is 0 Å². The Morgan fingerprint density at radius 1 is 0.792 bits per heavy atom. The zero-order valence-corrected chi connectivity index (χ0v) is 14.9. The van der Waals surface area contributed by atoms with Crippen LogP contribution in [0.1, 0.15) is 67.7 Å². The summed E-state index contributed by atoms with van der Waals surface area (Å²) in [6, 6.07) is 17.6. The van der Waals surface area contributed by atoms with Crippen LogP contribution in [0.3, 0.4) is 0 Å². The van der Waals surface area contributed by atoms with Crippen molar-refractivity contribution in [1.29, 1.82) is 0 Å². The van der Waals surface area contributed by atoms with Crippen molar-refractivity contribution in [3.63, 3.8) is 0 Å². The zero-order valence-electron chi connectivity index (χ0n) is 14.9. The van der Waals surface area contributed by atoms with Crippen LogP contribution in [0.2, 0.25) is 0 Å². The molecular formula is C24H28. The molecule has 0 aliphatic heterocycles. The maximum Gasteiger partial charge on any atom is 0.0249 e. The first-order valence-corrected chi connectivity index (χ1v) is 9.53. The van der Waals surface area contributed by atoms with Crippen molar-refractivity contribution < 1.29 is 0 Å². The van der Waals surface area contributed by atoms with E-state index in [2.05, 4.69) is 67.3 Å². The molecule has 0 bridgehead atoms. The summed E-state index contributed by atoms with van der Waals surface area (Å²) in [4.78, 5) is 0. The van der Waals surface area contributed by atoms with Crippen LogP contribution in [0.25, 0.3) is 0 Å². The number of hydrogen-bond donors (Lipinski definition) is 0. The van der Waals surface area contributed by atoms with Gasteiger partial charge in [-0.1, -0.05) is 75.1 Å². The molecule has 1 fully saturated rings. The molecule has 0 aromatic heterocycles. The molecule has 0 nitrogen and oxygen atoms in total. The molecule has 3 rings (SSSR count). The molecule has 124 valence electrons. The van der Waals surface area contributed by atoms with Crippen LogP contribution in [0.4, 0.5) is 0 Å². The summed E-state index contributed by atoms with van der Waals surface area (Å²) in [7, 11) is 0. The van der Waals surface area contributed by atoms with E-state index < -0.39 is 0 Å². The number of hydrogen-bond acceptors (Lipinski definition) is 0. The smallest absolute Gasteiger partial charge is 0.0249 e. The summed E-state index contributed by atoms with van der Waals surface area (Å²) in [6.07, 6.45) is 10.6. The number of benzene rings is 2. The van der Waals surface area contributed by atoms with Crippen LogP contribution in [-0.4, -0.2) is 0 Å². The fourth-order valence-corrected chi connectivity index (χ4v) is 3.55. The van der Waals surface area contributed by atoms with Crippen molar-refractivity contribution in [3.8, 4) is 11.8 Å². The molecule has 2 aromatic rings. The first-order valence-electron chi connectivity index (χ1n) is 9.53. The van der Waals surface area contributed by atoms with Gasteiger partial charge in [0.2, 0.25) is 0 Å². The van der Waals surface area contributed by atoms with E-state index in [0.717, 1.165) is 17.0 Å². The van der Waals surface area contributed by atoms with Crippen molar-refractivity contribution in [2.24, 2.45) is 5.92 Å². The average Bonchev–Trinajstić information content (AvgIpc) is 3.13. The minimum absolute atomic E-state index is 0.910. The van der Waals surface area contributed by atoms with E-state index in [9.17, 15) is 0 Å². The van der Waals surface area contributed by atoms with Gasteiger partial charge in [-0.2, -0.15) is 0 Å². The van der Waals surface area contributed by atoms with Crippen molar-refractivity contribution in [2.45, 2.75) is 58.3 Å². The van der Waals surface area contributed by atoms with Gasteiger partial charge < -0.3 is 0 Å². The molecule has 24 heavy (non-hydrogen) atoms. The summed E-state index contributed by atoms with van der Waals surface area (Å²) in [5, 5.41) is 0. The van der Waals surface area contributed by atoms with Gasteiger partial charge in [0.15, 0.2) is 0 Å². The van der Waals surface area contributed by atoms with Crippen LogP contribution in [0, 0.1) is 17.8 Å². The zero-order chi connectivity index (χ0) is 16.6. The molecule has 0 amide bonds. The lowest BCUT2D eigenvalue weighted by molar-refractivity contribution is 0.546. The van der Waals surface area contributed by atoms with Crippen LogP contribution in [0.5, 0.6) is 0 Å². The summed E-state index contributed by atoms with van der Waals surface area (Å²) in [5.41, 5.74) is 5.09. The normalized spacial score (nSPS) is 14.4. The quantitative estimate of drug-likeness (QED) is 0.579. The summed E-state index contributed by atoms with van der Waals surface area (Å²) in [6.45, 7) is 2.24. The van der Waals surface area contributed by atoms with Crippen LogP contribution < -0.4 is 0 Å². The predicted octanol–water partition coefficient (Wildman–Crippen LogP) is 6.16. The van der Waals surface area contributed by atoms with Gasteiger partial charge in [-0.3, -0.25) is 0 Å². The third kappa shape index (κ3) is 5.00. The molecule has 1 aliphatic carbocycles. The Balaban J connectivity index is 1.58. The highest BCUT2D eigenvalue weighted by Crippen LogP contribution is 2.27. The Kier molecular flexibility index (Phi) is 6.13. The van der Waals surface area contributed by atoms with Crippen LogP contribution >= 0.6 is 0 Å². The molecule has 0 spiro atoms. The lowest BCUT2D eigenvalue weighted by Gasteiger charge is -2.08. The van der Waals surface area contributed by atoms with E-state index in [-0.39, 0.29) is 0 Å². The highest BCUT2D eigenvalue weighted by molar-refractivity contribution is 5.44. The SMILES string of the molecule is CCCCc1ccc(C#Cc2ccc(CC3CCCC3)cc2)cc1. The molecule has 0 saturated heterocycles. The van der Waals surface area contributed by atoms with E-state index in [0.29, 0.717) is 0 Å². The Hall–Kier alpha value is -2.00. The lowest BCUT2D eigenvalue weighted by atomic mass is 9.97. The van der Waals surface area contributed by atoms with Gasteiger partial charge in [-0.05, 0) is 60.6 Å². The predicted molar refractivity (Wildman–Crippen MR) is 103 cm³/mol. The Labute approximate surface area is 147 Å². The molecule has 0 unspecified atom stereocenters. The molecule has 0 heteroatoms. The maximum absolute atomic E-state index is 3.29. The van der Waals surface area contributed by atoms with Crippen LogP contribution in [0.15, 0.2) is 48.5 Å². The standard InChI is InChI=1S/C24H28/c1-2-3-6-20-9-11-21(12-10-20)13-14-22-15-17-24(18-16-22)19-23-7-4-5-8-23/h9-12,15-18,23H,2-8,19H2,1H3. The number of aryl methyl sites for hydroxylation is 1. The third-order valence-electron chi connectivity index (χ3n) is 5.08. The van der Waals surface area contributed by atoms with Gasteiger partial charge in [0, 0.05) is 11.1 Å². The second-order valence-electron chi connectivity index (χ2n) is 7.10. The van der Waals surface area contributed by atoms with Gasteiger partial charge in [0.05, 0.1) is 0 Å². The molecule has 0 radical (unpaired) electrons. The second kappa shape index (κ2) is 8.74. The maximum atomic E-state index is 3.29. The topological polar surface area (TPSA) is 0 Å². The highest BCUT2D eigenvalue weighted by Gasteiger charge is 2.14. The second-order valence-corrected chi connectivity index (χ2v) is 7.10. The minimum Gasteiger partial charge on any atom is -0.0654 e. The van der Waals surface area contributed by atoms with E-state index in [1.54, 1.807) is 0 Å². The van der Waals surface area contributed by atoms with Gasteiger partial charge in [0.1, 0.15) is 0 Å². The average molecular weight is 316 g/mol. The fourth-order valence-electron chi connectivity index (χ4n) is 3.55. The first kappa shape index (κ1) is 16.8. The Morgan fingerprint density at radius 2 is 1.33 bits per heavy atom. The molecule has 1 aliphatic rings. The highest BCUT2D eigenvalue weighted by atomic mass is 14.2. The first-order chi connectivity index (χ1) is 11.8. The Bertz CT molecular complexity index is 674. The fraction of sp³-hybridized carbons (Fsp3) is 0.417. The number of unbranched alkanes of at least 4 members (excludes halogenated alkanes) is 1. The van der Waals surface area contributed by atoms with Crippen molar-refractivity contribution >= 4 is 0 Å². The van der Waals surface area contributed by atoms with Gasteiger partial charge in [0.25, 0.3) is 0 Å². The Morgan fingerprint density at radius 3 is 1.88 bits per heavy atom. The molecule has 2 aromatic carbocycles. The van der Waals surface area contributed by atoms with Crippen LogP contribution in [-0.2, 0) is 12.8 Å². The minimum atomic E-state index is 0.910. The largest absolute Gasteiger partial charge is 0.0654 e. The molecule has 0 N–H and O–H groups in total. The van der Waals surface area contributed by atoms with E-state index in [1.165, 1.54) is 62.5 Å². The van der Waals surface area contributed by atoms with Gasteiger partial charge >= 0.3 is 0 Å². The molecule has 0 atom stereocenters. The molecule has 0 heterocycles. The molecule has 1 saturated carbocycles. The summed E-state index contributed by atoms with van der Waals surface area (Å²) >= 11 is 0. The lowest BCUT2D eigenvalue weighted by Crippen LogP contribution is -1.98. The summed E-state index contributed by atoms with van der Waals surface area (Å²) in [5.74, 6) is 7.49. The third-order valence-corrected chi connectivity index (χ3v) is 5.08. The summed E-state index contributed by atoms with van der Waals surface area (Å²) < 4.78 is 0. The molecular weight excluding hydrogens is 288 g/mol. The van der Waals surface area contributed by atoms with Crippen molar-refractivity contribution in [3.05, 3.63) is 70.8 Å². The van der Waals surface area contributed by atoms with E-state index >= 15 is 0 Å². The van der Waals surface area contributed by atoms with E-state index in [1.807, 2.05) is 0 Å².